The number of hydrogen-bond donors (Lipinski definition) is 2. The van der Waals surface area contributed by atoms with Gasteiger partial charge in [0.15, 0.2) is 11.5 Å². The number of carbonyl (C=O) groups is 2. The van der Waals surface area contributed by atoms with Crippen molar-refractivity contribution in [1.29, 1.82) is 0 Å². The monoisotopic (exact) mass is 319 g/mol. The fourth-order valence-electron chi connectivity index (χ4n) is 2.72. The maximum Gasteiger partial charge on any atom is 0.318 e. The molecule has 0 aliphatic carbocycles. The van der Waals surface area contributed by atoms with E-state index < -0.39 is 6.04 Å². The zero-order chi connectivity index (χ0) is 16.2. The van der Waals surface area contributed by atoms with E-state index in [9.17, 15) is 9.59 Å². The number of benzene rings is 1. The molecule has 1 saturated heterocycles. The molecule has 0 bridgehead atoms. The molecule has 1 atom stereocenters. The molecule has 1 fully saturated rings. The number of nitrogens with one attached hydrogen (secondary N) is 2. The summed E-state index contributed by atoms with van der Waals surface area (Å²) in [4.78, 5) is 25.7. The van der Waals surface area contributed by atoms with Crippen LogP contribution >= 0.6 is 0 Å². The van der Waals surface area contributed by atoms with Gasteiger partial charge in [-0.15, -0.1) is 0 Å². The van der Waals surface area contributed by atoms with Crippen LogP contribution in [0.25, 0.3) is 0 Å². The Morgan fingerprint density at radius 1 is 1.35 bits per heavy atom. The average molecular weight is 319 g/mol. The molecule has 1 aromatic carbocycles. The molecule has 1 aromatic rings. The van der Waals surface area contributed by atoms with E-state index in [0.29, 0.717) is 25.3 Å². The highest BCUT2D eigenvalue weighted by Crippen LogP contribution is 2.32. The van der Waals surface area contributed by atoms with E-state index in [2.05, 4.69) is 10.6 Å². The third-order valence-corrected chi connectivity index (χ3v) is 4.04. The summed E-state index contributed by atoms with van der Waals surface area (Å²) in [5.74, 6) is 1.31. The van der Waals surface area contributed by atoms with Gasteiger partial charge in [0.2, 0.25) is 12.7 Å². The molecule has 2 N–H and O–H groups in total. The molecule has 2 heterocycles. The molecule has 0 spiro atoms. The minimum atomic E-state index is -0.454. The molecule has 0 unspecified atom stereocenters. The van der Waals surface area contributed by atoms with E-state index in [1.54, 1.807) is 11.9 Å². The van der Waals surface area contributed by atoms with Crippen LogP contribution in [0.1, 0.15) is 24.8 Å². The minimum Gasteiger partial charge on any atom is -0.454 e. The number of nitrogens with zero attached hydrogens (tertiary/aromatic N) is 1. The summed E-state index contributed by atoms with van der Waals surface area (Å²) >= 11 is 0. The van der Waals surface area contributed by atoms with Crippen LogP contribution < -0.4 is 20.1 Å². The Kier molecular flexibility index (Phi) is 4.55. The molecule has 2 aliphatic rings. The lowest BCUT2D eigenvalue weighted by Gasteiger charge is -2.22. The Morgan fingerprint density at radius 2 is 2.17 bits per heavy atom. The molecule has 2 aliphatic heterocycles. The molecule has 0 radical (unpaired) electrons. The van der Waals surface area contributed by atoms with Gasteiger partial charge in [0.25, 0.3) is 0 Å². The summed E-state index contributed by atoms with van der Waals surface area (Å²) in [6.45, 7) is 1.33. The summed E-state index contributed by atoms with van der Waals surface area (Å²) in [6.07, 6.45) is 2.55. The molecule has 3 amide bonds. The van der Waals surface area contributed by atoms with Gasteiger partial charge in [-0.1, -0.05) is 6.07 Å². The predicted molar refractivity (Wildman–Crippen MR) is 83.2 cm³/mol. The van der Waals surface area contributed by atoms with Crippen molar-refractivity contribution >= 4 is 11.9 Å². The molecule has 0 saturated carbocycles. The van der Waals surface area contributed by atoms with Crippen LogP contribution in [0, 0.1) is 0 Å². The highest BCUT2D eigenvalue weighted by Gasteiger charge is 2.24. The summed E-state index contributed by atoms with van der Waals surface area (Å²) in [6, 6.07) is 4.89. The lowest BCUT2D eigenvalue weighted by atomic mass is 10.1. The van der Waals surface area contributed by atoms with Gasteiger partial charge in [0, 0.05) is 20.1 Å². The number of rotatable bonds is 3. The normalized spacial score (nSPS) is 19.7. The summed E-state index contributed by atoms with van der Waals surface area (Å²) in [7, 11) is 1.70. The van der Waals surface area contributed by atoms with Gasteiger partial charge in [-0.25, -0.2) is 4.79 Å². The third kappa shape index (κ3) is 3.67. The topological polar surface area (TPSA) is 79.9 Å². The van der Waals surface area contributed by atoms with Crippen molar-refractivity contribution < 1.29 is 19.1 Å². The molecule has 23 heavy (non-hydrogen) atoms. The van der Waals surface area contributed by atoms with Gasteiger partial charge in [0.05, 0.1) is 0 Å². The Balaban J connectivity index is 1.58. The fraction of sp³-hybridized carbons (Fsp3) is 0.500. The van der Waals surface area contributed by atoms with Gasteiger partial charge >= 0.3 is 6.03 Å². The standard InChI is InChI=1S/C16H21N3O4/c1-19(9-11-5-6-13-14(8-11)23-10-22-13)16(21)18-12-4-2-3-7-17-15(12)20/h5-6,8,12H,2-4,7,9-10H2,1H3,(H,17,20)(H,18,21)/t12-/m0/s1. The Morgan fingerprint density at radius 3 is 3.04 bits per heavy atom. The summed E-state index contributed by atoms with van der Waals surface area (Å²) < 4.78 is 10.6. The second-order valence-corrected chi connectivity index (χ2v) is 5.83. The number of amides is 3. The first-order chi connectivity index (χ1) is 11.1. The number of ether oxygens (including phenoxy) is 2. The maximum absolute atomic E-state index is 12.3. The van der Waals surface area contributed by atoms with Crippen molar-refractivity contribution in [3.05, 3.63) is 23.8 Å². The van der Waals surface area contributed by atoms with Gasteiger partial charge in [0.1, 0.15) is 6.04 Å². The second-order valence-electron chi connectivity index (χ2n) is 5.83. The van der Waals surface area contributed by atoms with Gasteiger partial charge in [-0.05, 0) is 37.0 Å². The van der Waals surface area contributed by atoms with E-state index in [1.807, 2.05) is 18.2 Å². The predicted octanol–water partition coefficient (Wildman–Crippen LogP) is 1.23. The Bertz CT molecular complexity index is 605. The number of carbonyl (C=O) groups excluding carboxylic acids is 2. The molecule has 7 heteroatoms. The SMILES string of the molecule is CN(Cc1ccc2c(c1)OCO2)C(=O)N[C@H]1CCCCNC1=O. The smallest absolute Gasteiger partial charge is 0.318 e. The first kappa shape index (κ1) is 15.5. The van der Waals surface area contributed by atoms with E-state index in [1.165, 1.54) is 0 Å². The second kappa shape index (κ2) is 6.76. The zero-order valence-electron chi connectivity index (χ0n) is 13.1. The highest BCUT2D eigenvalue weighted by molar-refractivity contribution is 5.87. The van der Waals surface area contributed by atoms with E-state index in [0.717, 1.165) is 24.2 Å². The van der Waals surface area contributed by atoms with Gasteiger partial charge in [-0.3, -0.25) is 4.79 Å². The average Bonchev–Trinajstić information content (AvgIpc) is 2.91. The van der Waals surface area contributed by atoms with E-state index in [-0.39, 0.29) is 18.7 Å². The van der Waals surface area contributed by atoms with Gasteiger partial charge in [-0.2, -0.15) is 0 Å². The lowest BCUT2D eigenvalue weighted by molar-refractivity contribution is -0.122. The van der Waals surface area contributed by atoms with Crippen molar-refractivity contribution in [3.8, 4) is 11.5 Å². The molecular formula is C16H21N3O4. The number of hydrogen-bond acceptors (Lipinski definition) is 4. The Labute approximate surface area is 134 Å². The molecule has 124 valence electrons. The molecule has 3 rings (SSSR count). The van der Waals surface area contributed by atoms with Crippen molar-refractivity contribution in [2.75, 3.05) is 20.4 Å². The highest BCUT2D eigenvalue weighted by atomic mass is 16.7. The Hall–Kier alpha value is -2.44. The van der Waals surface area contributed by atoms with Crippen LogP contribution in [0.4, 0.5) is 4.79 Å². The van der Waals surface area contributed by atoms with Crippen LogP contribution in [0.2, 0.25) is 0 Å². The third-order valence-electron chi connectivity index (χ3n) is 4.04. The van der Waals surface area contributed by atoms with E-state index in [4.69, 9.17) is 9.47 Å². The van der Waals surface area contributed by atoms with Crippen LogP contribution in [-0.2, 0) is 11.3 Å². The molecule has 0 aromatic heterocycles. The summed E-state index contributed by atoms with van der Waals surface area (Å²) in [5, 5.41) is 5.61. The lowest BCUT2D eigenvalue weighted by Crippen LogP contribution is -2.49. The summed E-state index contributed by atoms with van der Waals surface area (Å²) in [5.41, 5.74) is 0.942. The van der Waals surface area contributed by atoms with Gasteiger partial charge < -0.3 is 25.0 Å². The van der Waals surface area contributed by atoms with Crippen molar-refractivity contribution in [3.63, 3.8) is 0 Å². The van der Waals surface area contributed by atoms with Crippen LogP contribution in [0.3, 0.4) is 0 Å². The van der Waals surface area contributed by atoms with E-state index >= 15 is 0 Å². The van der Waals surface area contributed by atoms with Crippen LogP contribution in [0.5, 0.6) is 11.5 Å². The quantitative estimate of drug-likeness (QED) is 0.878. The maximum atomic E-state index is 12.3. The van der Waals surface area contributed by atoms with Crippen molar-refractivity contribution in [2.45, 2.75) is 31.8 Å². The zero-order valence-corrected chi connectivity index (χ0v) is 13.1. The molecule has 7 nitrogen and oxygen atoms in total. The first-order valence-electron chi connectivity index (χ1n) is 7.81. The largest absolute Gasteiger partial charge is 0.454 e. The first-order valence-corrected chi connectivity index (χ1v) is 7.81. The minimum absolute atomic E-state index is 0.104. The molecular weight excluding hydrogens is 298 g/mol. The number of urea groups is 1. The van der Waals surface area contributed by atoms with Crippen LogP contribution in [0.15, 0.2) is 18.2 Å². The van der Waals surface area contributed by atoms with Crippen LogP contribution in [-0.4, -0.2) is 43.3 Å². The fourth-order valence-corrected chi connectivity index (χ4v) is 2.72. The van der Waals surface area contributed by atoms with Crippen molar-refractivity contribution in [2.24, 2.45) is 0 Å². The number of fused-ring (bicyclic) bond motifs is 1. The van der Waals surface area contributed by atoms with Crippen molar-refractivity contribution in [1.82, 2.24) is 15.5 Å².